The molecule has 1 N–H and O–H groups in total. The Balaban J connectivity index is 2.06. The summed E-state index contributed by atoms with van der Waals surface area (Å²) in [5, 5.41) is 3.52. The highest BCUT2D eigenvalue weighted by Gasteiger charge is 2.39. The Morgan fingerprint density at radius 3 is 2.26 bits per heavy atom. The van der Waals surface area contributed by atoms with Gasteiger partial charge in [0.2, 0.25) is 0 Å². The summed E-state index contributed by atoms with van der Waals surface area (Å²) in [6, 6.07) is 0. The standard InChI is InChI=1S/C16H35N3/c1-15(2)13-17-11-6-7-12-19(5)14-16(18(3)4)9-8-10-16/h15,17H,6-14H2,1-5H3. The van der Waals surface area contributed by atoms with E-state index in [1.807, 2.05) is 0 Å². The molecule has 0 aromatic heterocycles. The number of hydrogen-bond donors (Lipinski definition) is 1. The summed E-state index contributed by atoms with van der Waals surface area (Å²) < 4.78 is 0. The predicted octanol–water partition coefficient (Wildman–Crippen LogP) is 2.43. The van der Waals surface area contributed by atoms with Gasteiger partial charge < -0.3 is 15.1 Å². The number of unbranched alkanes of at least 4 members (excludes halogenated alkanes) is 1. The topological polar surface area (TPSA) is 18.5 Å². The van der Waals surface area contributed by atoms with Crippen LogP contribution in [0, 0.1) is 5.92 Å². The average molecular weight is 269 g/mol. The Kier molecular flexibility index (Phi) is 7.33. The molecule has 0 heterocycles. The van der Waals surface area contributed by atoms with Gasteiger partial charge >= 0.3 is 0 Å². The molecule has 0 aromatic carbocycles. The molecule has 3 heteroatoms. The van der Waals surface area contributed by atoms with Crippen LogP contribution in [0.2, 0.25) is 0 Å². The van der Waals surface area contributed by atoms with Crippen LogP contribution in [-0.4, -0.2) is 62.7 Å². The van der Waals surface area contributed by atoms with Gasteiger partial charge in [-0.15, -0.1) is 0 Å². The summed E-state index contributed by atoms with van der Waals surface area (Å²) in [6.45, 7) is 9.32. The summed E-state index contributed by atoms with van der Waals surface area (Å²) in [5.74, 6) is 0.765. The predicted molar refractivity (Wildman–Crippen MR) is 84.7 cm³/mol. The van der Waals surface area contributed by atoms with Crippen LogP contribution in [-0.2, 0) is 0 Å². The van der Waals surface area contributed by atoms with Crippen molar-refractivity contribution in [2.24, 2.45) is 5.92 Å². The lowest BCUT2D eigenvalue weighted by atomic mass is 9.75. The van der Waals surface area contributed by atoms with E-state index in [9.17, 15) is 0 Å². The summed E-state index contributed by atoms with van der Waals surface area (Å²) in [4.78, 5) is 4.97. The fourth-order valence-electron chi connectivity index (χ4n) is 2.94. The first-order chi connectivity index (χ1) is 8.96. The Hall–Kier alpha value is -0.120. The van der Waals surface area contributed by atoms with Crippen LogP contribution in [0.15, 0.2) is 0 Å². The first kappa shape index (κ1) is 16.9. The molecule has 0 unspecified atom stereocenters. The molecule has 0 atom stereocenters. The highest BCUT2D eigenvalue weighted by molar-refractivity contribution is 4.97. The zero-order valence-electron chi connectivity index (χ0n) is 13.8. The molecule has 1 rings (SSSR count). The largest absolute Gasteiger partial charge is 0.316 e. The van der Waals surface area contributed by atoms with Crippen molar-refractivity contribution in [3.63, 3.8) is 0 Å². The maximum Gasteiger partial charge on any atom is 0.0330 e. The Labute approximate surface area is 120 Å². The Morgan fingerprint density at radius 2 is 1.79 bits per heavy atom. The zero-order chi connectivity index (χ0) is 14.3. The van der Waals surface area contributed by atoms with Crippen LogP contribution < -0.4 is 5.32 Å². The molecular formula is C16H35N3. The fraction of sp³-hybridized carbons (Fsp3) is 1.00. The van der Waals surface area contributed by atoms with Gasteiger partial charge in [0.05, 0.1) is 0 Å². The minimum atomic E-state index is 0.477. The Morgan fingerprint density at radius 1 is 1.11 bits per heavy atom. The third-order valence-electron chi connectivity index (χ3n) is 4.49. The highest BCUT2D eigenvalue weighted by atomic mass is 15.2. The Bertz CT molecular complexity index is 234. The van der Waals surface area contributed by atoms with Gasteiger partial charge in [-0.1, -0.05) is 13.8 Å². The molecule has 0 aliphatic heterocycles. The van der Waals surface area contributed by atoms with E-state index in [2.05, 4.69) is 50.1 Å². The number of likely N-dealkylation sites (N-methyl/N-ethyl adjacent to an activating group) is 2. The molecule has 114 valence electrons. The molecule has 0 radical (unpaired) electrons. The lowest BCUT2D eigenvalue weighted by Gasteiger charge is -2.49. The van der Waals surface area contributed by atoms with Gasteiger partial charge in [-0.3, -0.25) is 0 Å². The van der Waals surface area contributed by atoms with Crippen molar-refractivity contribution in [2.75, 3.05) is 47.3 Å². The van der Waals surface area contributed by atoms with E-state index >= 15 is 0 Å². The smallest absolute Gasteiger partial charge is 0.0330 e. The molecule has 0 saturated heterocycles. The second-order valence-corrected chi connectivity index (χ2v) is 7.02. The molecule has 1 aliphatic carbocycles. The first-order valence-corrected chi connectivity index (χ1v) is 8.03. The van der Waals surface area contributed by atoms with Gasteiger partial charge in [-0.2, -0.15) is 0 Å². The summed E-state index contributed by atoms with van der Waals surface area (Å²) in [7, 11) is 6.76. The van der Waals surface area contributed by atoms with Crippen LogP contribution in [0.3, 0.4) is 0 Å². The molecular weight excluding hydrogens is 234 g/mol. The molecule has 1 fully saturated rings. The van der Waals surface area contributed by atoms with Crippen molar-refractivity contribution < 1.29 is 0 Å². The minimum Gasteiger partial charge on any atom is -0.316 e. The average Bonchev–Trinajstić information content (AvgIpc) is 2.27. The van der Waals surface area contributed by atoms with Crippen LogP contribution in [0.25, 0.3) is 0 Å². The van der Waals surface area contributed by atoms with E-state index < -0.39 is 0 Å². The molecule has 1 aliphatic rings. The van der Waals surface area contributed by atoms with E-state index in [0.29, 0.717) is 5.54 Å². The number of nitrogens with one attached hydrogen (secondary N) is 1. The van der Waals surface area contributed by atoms with E-state index in [0.717, 1.165) is 12.5 Å². The summed E-state index contributed by atoms with van der Waals surface area (Å²) >= 11 is 0. The second-order valence-electron chi connectivity index (χ2n) is 7.02. The van der Waals surface area contributed by atoms with Gasteiger partial charge in [-0.05, 0) is 78.8 Å². The van der Waals surface area contributed by atoms with Crippen molar-refractivity contribution in [3.05, 3.63) is 0 Å². The third kappa shape index (κ3) is 5.80. The van der Waals surface area contributed by atoms with Gasteiger partial charge in [0.25, 0.3) is 0 Å². The van der Waals surface area contributed by atoms with E-state index in [4.69, 9.17) is 0 Å². The van der Waals surface area contributed by atoms with Crippen molar-refractivity contribution >= 4 is 0 Å². The third-order valence-corrected chi connectivity index (χ3v) is 4.49. The number of hydrogen-bond acceptors (Lipinski definition) is 3. The van der Waals surface area contributed by atoms with Crippen molar-refractivity contribution in [2.45, 2.75) is 51.5 Å². The maximum absolute atomic E-state index is 3.52. The second kappa shape index (κ2) is 8.23. The zero-order valence-corrected chi connectivity index (χ0v) is 13.8. The van der Waals surface area contributed by atoms with Crippen LogP contribution in [0.1, 0.15) is 46.0 Å². The molecule has 0 spiro atoms. The summed E-state index contributed by atoms with van der Waals surface area (Å²) in [5.41, 5.74) is 0.477. The van der Waals surface area contributed by atoms with Crippen molar-refractivity contribution in [3.8, 4) is 0 Å². The normalized spacial score (nSPS) is 18.3. The van der Waals surface area contributed by atoms with Crippen LogP contribution in [0.4, 0.5) is 0 Å². The molecule has 0 amide bonds. The van der Waals surface area contributed by atoms with Crippen molar-refractivity contribution in [1.29, 1.82) is 0 Å². The van der Waals surface area contributed by atoms with Gasteiger partial charge in [0.15, 0.2) is 0 Å². The first-order valence-electron chi connectivity index (χ1n) is 8.03. The van der Waals surface area contributed by atoms with Crippen molar-refractivity contribution in [1.82, 2.24) is 15.1 Å². The molecule has 19 heavy (non-hydrogen) atoms. The van der Waals surface area contributed by atoms with Gasteiger partial charge in [-0.25, -0.2) is 0 Å². The summed E-state index contributed by atoms with van der Waals surface area (Å²) in [6.07, 6.45) is 6.77. The molecule has 0 aromatic rings. The molecule has 0 bridgehead atoms. The lowest BCUT2D eigenvalue weighted by molar-refractivity contribution is 0.0275. The fourth-order valence-corrected chi connectivity index (χ4v) is 2.94. The van der Waals surface area contributed by atoms with Gasteiger partial charge in [0.1, 0.15) is 0 Å². The molecule has 1 saturated carbocycles. The quantitative estimate of drug-likeness (QED) is 0.615. The SMILES string of the molecule is CC(C)CNCCCCN(C)CC1(N(C)C)CCC1. The minimum absolute atomic E-state index is 0.477. The highest BCUT2D eigenvalue weighted by Crippen LogP contribution is 2.36. The maximum atomic E-state index is 3.52. The van der Waals surface area contributed by atoms with Crippen LogP contribution >= 0.6 is 0 Å². The van der Waals surface area contributed by atoms with E-state index in [1.54, 1.807) is 0 Å². The molecule has 3 nitrogen and oxygen atoms in total. The number of nitrogens with zero attached hydrogens (tertiary/aromatic N) is 2. The lowest BCUT2D eigenvalue weighted by Crippen LogP contribution is -2.56. The van der Waals surface area contributed by atoms with Gasteiger partial charge in [0, 0.05) is 12.1 Å². The number of rotatable bonds is 10. The van der Waals surface area contributed by atoms with Crippen LogP contribution in [0.5, 0.6) is 0 Å². The van der Waals surface area contributed by atoms with E-state index in [-0.39, 0.29) is 0 Å². The monoisotopic (exact) mass is 269 g/mol. The van der Waals surface area contributed by atoms with E-state index in [1.165, 1.54) is 51.7 Å².